The van der Waals surface area contributed by atoms with Gasteiger partial charge in [-0.05, 0) is 35.9 Å². The van der Waals surface area contributed by atoms with Crippen LogP contribution in [0.1, 0.15) is 5.56 Å². The molecule has 6 heteroatoms. The number of fused-ring (bicyclic) bond motifs is 2. The van der Waals surface area contributed by atoms with Crippen LogP contribution in [0.5, 0.6) is 0 Å². The zero-order chi connectivity index (χ0) is 14.2. The molecule has 0 fully saturated rings. The summed E-state index contributed by atoms with van der Waals surface area (Å²) in [6.45, 7) is 0. The maximum atomic E-state index is 11.4. The van der Waals surface area contributed by atoms with Gasteiger partial charge in [0.05, 0.1) is 11.8 Å². The summed E-state index contributed by atoms with van der Waals surface area (Å²) in [5.74, 6) is 0.0452. The maximum absolute atomic E-state index is 11.4. The topological polar surface area (TPSA) is 67.8 Å². The first-order chi connectivity index (χ1) is 10.3. The number of nitrogens with zero attached hydrogens (tertiary/aromatic N) is 3. The second-order valence-electron chi connectivity index (χ2n) is 4.70. The summed E-state index contributed by atoms with van der Waals surface area (Å²) in [4.78, 5) is 25.2. The number of hydrogen-bond acceptors (Lipinski definition) is 5. The number of carbonyl (C=O) groups excluding carboxylic acids is 1. The molecule has 1 N–H and O–H groups in total. The molecule has 21 heavy (non-hydrogen) atoms. The molecule has 3 heterocycles. The standard InChI is InChI=1S/C15H10N4OS/c20-13-7-9-6-10(3-4-12(9)19-13)21-15-11-2-1-5-16-14(11)17-8-18-15/h1-6,8H,7H2,(H,19,20). The van der Waals surface area contributed by atoms with Crippen molar-refractivity contribution in [3.63, 3.8) is 0 Å². The molecule has 1 aliphatic rings. The maximum Gasteiger partial charge on any atom is 0.228 e. The molecule has 0 aliphatic carbocycles. The molecule has 0 spiro atoms. The van der Waals surface area contributed by atoms with E-state index in [9.17, 15) is 4.79 Å². The van der Waals surface area contributed by atoms with Gasteiger partial charge in [-0.25, -0.2) is 15.0 Å². The Hall–Kier alpha value is -2.47. The number of aromatic nitrogens is 3. The fourth-order valence-corrected chi connectivity index (χ4v) is 3.26. The van der Waals surface area contributed by atoms with Crippen molar-refractivity contribution in [3.05, 3.63) is 48.4 Å². The molecule has 5 nitrogen and oxygen atoms in total. The SMILES string of the molecule is O=C1Cc2cc(Sc3ncnc4ncccc34)ccc2N1. The second-order valence-corrected chi connectivity index (χ2v) is 5.76. The van der Waals surface area contributed by atoms with Crippen molar-refractivity contribution < 1.29 is 4.79 Å². The number of hydrogen-bond donors (Lipinski definition) is 1. The molecular formula is C15H10N4OS. The Morgan fingerprint density at radius 3 is 3.05 bits per heavy atom. The second kappa shape index (κ2) is 4.82. The van der Waals surface area contributed by atoms with E-state index in [0.29, 0.717) is 12.1 Å². The van der Waals surface area contributed by atoms with E-state index in [1.807, 2.05) is 30.3 Å². The van der Waals surface area contributed by atoms with Gasteiger partial charge in [-0.2, -0.15) is 0 Å². The molecule has 0 saturated heterocycles. The first kappa shape index (κ1) is 12.3. The Balaban J connectivity index is 1.72. The number of anilines is 1. The van der Waals surface area contributed by atoms with E-state index in [4.69, 9.17) is 0 Å². The number of nitrogens with one attached hydrogen (secondary N) is 1. The molecule has 0 atom stereocenters. The summed E-state index contributed by atoms with van der Waals surface area (Å²) >= 11 is 1.55. The zero-order valence-corrected chi connectivity index (χ0v) is 11.7. The van der Waals surface area contributed by atoms with E-state index < -0.39 is 0 Å². The average Bonchev–Trinajstić information content (AvgIpc) is 2.87. The van der Waals surface area contributed by atoms with Gasteiger partial charge < -0.3 is 5.32 Å². The normalized spacial score (nSPS) is 13.2. The molecular weight excluding hydrogens is 284 g/mol. The van der Waals surface area contributed by atoms with Crippen LogP contribution >= 0.6 is 11.8 Å². The largest absolute Gasteiger partial charge is 0.326 e. The first-order valence-corrected chi connectivity index (χ1v) is 7.27. The zero-order valence-electron chi connectivity index (χ0n) is 10.9. The highest BCUT2D eigenvalue weighted by Gasteiger charge is 2.18. The van der Waals surface area contributed by atoms with E-state index in [2.05, 4.69) is 20.3 Å². The van der Waals surface area contributed by atoms with Gasteiger partial charge in [0.25, 0.3) is 0 Å². The Kier molecular flexibility index (Phi) is 2.82. The third-order valence-electron chi connectivity index (χ3n) is 3.29. The van der Waals surface area contributed by atoms with Gasteiger partial charge in [-0.1, -0.05) is 11.8 Å². The predicted molar refractivity (Wildman–Crippen MR) is 80.2 cm³/mol. The Morgan fingerprint density at radius 2 is 2.10 bits per heavy atom. The van der Waals surface area contributed by atoms with Gasteiger partial charge >= 0.3 is 0 Å². The lowest BCUT2D eigenvalue weighted by molar-refractivity contribution is -0.115. The highest BCUT2D eigenvalue weighted by Crippen LogP contribution is 2.34. The van der Waals surface area contributed by atoms with Gasteiger partial charge in [-0.3, -0.25) is 4.79 Å². The van der Waals surface area contributed by atoms with Crippen molar-refractivity contribution >= 4 is 34.4 Å². The molecule has 1 aliphatic heterocycles. The number of rotatable bonds is 2. The van der Waals surface area contributed by atoms with Crippen molar-refractivity contribution in [2.45, 2.75) is 16.3 Å². The monoisotopic (exact) mass is 294 g/mol. The van der Waals surface area contributed by atoms with Crippen LogP contribution in [0.15, 0.2) is 52.8 Å². The van der Waals surface area contributed by atoms with E-state index in [0.717, 1.165) is 26.6 Å². The predicted octanol–water partition coefficient (Wildman–Crippen LogP) is 2.67. The van der Waals surface area contributed by atoms with E-state index in [1.54, 1.807) is 18.0 Å². The molecule has 0 radical (unpaired) electrons. The van der Waals surface area contributed by atoms with Crippen molar-refractivity contribution in [3.8, 4) is 0 Å². The van der Waals surface area contributed by atoms with Gasteiger partial charge in [-0.15, -0.1) is 0 Å². The fourth-order valence-electron chi connectivity index (χ4n) is 2.33. The lowest BCUT2D eigenvalue weighted by Gasteiger charge is -2.05. The van der Waals surface area contributed by atoms with Crippen LogP contribution in [-0.4, -0.2) is 20.9 Å². The first-order valence-electron chi connectivity index (χ1n) is 6.46. The third-order valence-corrected chi connectivity index (χ3v) is 4.30. The molecule has 3 aromatic rings. The molecule has 0 saturated carbocycles. The molecule has 1 amide bonds. The molecule has 102 valence electrons. The van der Waals surface area contributed by atoms with Crippen molar-refractivity contribution in [1.29, 1.82) is 0 Å². The van der Waals surface area contributed by atoms with Crippen LogP contribution in [-0.2, 0) is 11.2 Å². The minimum absolute atomic E-state index is 0.0452. The lowest BCUT2D eigenvalue weighted by atomic mass is 10.2. The van der Waals surface area contributed by atoms with Crippen LogP contribution in [0.3, 0.4) is 0 Å². The Bertz CT molecular complexity index is 860. The van der Waals surface area contributed by atoms with Crippen LogP contribution in [0, 0.1) is 0 Å². The van der Waals surface area contributed by atoms with Gasteiger partial charge in [0, 0.05) is 16.8 Å². The molecule has 0 unspecified atom stereocenters. The van der Waals surface area contributed by atoms with Crippen LogP contribution in [0.2, 0.25) is 0 Å². The minimum Gasteiger partial charge on any atom is -0.326 e. The number of carbonyl (C=O) groups is 1. The van der Waals surface area contributed by atoms with E-state index >= 15 is 0 Å². The summed E-state index contributed by atoms with van der Waals surface area (Å²) < 4.78 is 0. The fraction of sp³-hybridized carbons (Fsp3) is 0.0667. The summed E-state index contributed by atoms with van der Waals surface area (Å²) in [5, 5.41) is 4.63. The Morgan fingerprint density at radius 1 is 1.14 bits per heavy atom. The molecule has 0 bridgehead atoms. The lowest BCUT2D eigenvalue weighted by Crippen LogP contribution is -2.03. The summed E-state index contributed by atoms with van der Waals surface area (Å²) in [5.41, 5.74) is 2.62. The van der Waals surface area contributed by atoms with Crippen LogP contribution in [0.25, 0.3) is 11.0 Å². The van der Waals surface area contributed by atoms with Crippen LogP contribution in [0.4, 0.5) is 5.69 Å². The number of benzene rings is 1. The highest BCUT2D eigenvalue weighted by atomic mass is 32.2. The number of amides is 1. The quantitative estimate of drug-likeness (QED) is 0.736. The van der Waals surface area contributed by atoms with Gasteiger partial charge in [0.2, 0.25) is 5.91 Å². The van der Waals surface area contributed by atoms with Crippen molar-refractivity contribution in [2.24, 2.45) is 0 Å². The van der Waals surface area contributed by atoms with Gasteiger partial charge in [0.15, 0.2) is 5.65 Å². The third kappa shape index (κ3) is 2.23. The Labute approximate surface area is 124 Å². The summed E-state index contributed by atoms with van der Waals surface area (Å²) in [6.07, 6.45) is 3.68. The summed E-state index contributed by atoms with van der Waals surface area (Å²) in [7, 11) is 0. The van der Waals surface area contributed by atoms with Crippen molar-refractivity contribution in [1.82, 2.24) is 15.0 Å². The smallest absolute Gasteiger partial charge is 0.228 e. The van der Waals surface area contributed by atoms with Gasteiger partial charge in [0.1, 0.15) is 11.4 Å². The minimum atomic E-state index is 0.0452. The average molecular weight is 294 g/mol. The molecule has 2 aromatic heterocycles. The number of pyridine rings is 1. The summed E-state index contributed by atoms with van der Waals surface area (Å²) in [6, 6.07) is 9.79. The highest BCUT2D eigenvalue weighted by molar-refractivity contribution is 7.99. The van der Waals surface area contributed by atoms with E-state index in [1.165, 1.54) is 6.33 Å². The molecule has 1 aromatic carbocycles. The molecule has 4 rings (SSSR count). The van der Waals surface area contributed by atoms with Crippen LogP contribution < -0.4 is 5.32 Å². The van der Waals surface area contributed by atoms with Crippen molar-refractivity contribution in [2.75, 3.05) is 5.32 Å². The van der Waals surface area contributed by atoms with E-state index in [-0.39, 0.29) is 5.91 Å².